The van der Waals surface area contributed by atoms with Crippen LogP contribution in [0.15, 0.2) is 114 Å². The third kappa shape index (κ3) is 7.74. The normalized spacial score (nSPS) is 11.9. The third-order valence-corrected chi connectivity index (χ3v) is 8.62. The predicted octanol–water partition coefficient (Wildman–Crippen LogP) is 5.45. The van der Waals surface area contributed by atoms with Crippen molar-refractivity contribution >= 4 is 39.1 Å². The lowest BCUT2D eigenvalue weighted by atomic mass is 10.0. The molecule has 4 rings (SSSR count). The van der Waals surface area contributed by atoms with Crippen LogP contribution in [0.25, 0.3) is 0 Å². The number of benzene rings is 4. The first-order chi connectivity index (χ1) is 20.2. The Morgan fingerprint density at radius 2 is 1.50 bits per heavy atom. The Balaban J connectivity index is 1.78. The second-order valence-corrected chi connectivity index (χ2v) is 11.9. The van der Waals surface area contributed by atoms with Crippen LogP contribution < -0.4 is 9.62 Å². The van der Waals surface area contributed by atoms with Gasteiger partial charge < -0.3 is 10.2 Å². The molecule has 0 heterocycles. The van der Waals surface area contributed by atoms with Crippen molar-refractivity contribution < 1.29 is 22.4 Å². The summed E-state index contributed by atoms with van der Waals surface area (Å²) in [5, 5.41) is 3.09. The van der Waals surface area contributed by atoms with Crippen molar-refractivity contribution in [1.29, 1.82) is 0 Å². The second-order valence-electron chi connectivity index (χ2n) is 9.55. The van der Waals surface area contributed by atoms with Gasteiger partial charge in [-0.05, 0) is 60.5 Å². The van der Waals surface area contributed by atoms with Gasteiger partial charge in [-0.3, -0.25) is 13.9 Å². The van der Waals surface area contributed by atoms with Crippen LogP contribution >= 0.6 is 11.6 Å². The quantitative estimate of drug-likeness (QED) is 0.232. The van der Waals surface area contributed by atoms with Gasteiger partial charge in [-0.2, -0.15) is 0 Å². The first kappa shape index (κ1) is 30.7. The monoisotopic (exact) mass is 607 g/mol. The highest BCUT2D eigenvalue weighted by molar-refractivity contribution is 7.92. The molecule has 0 spiro atoms. The maximum atomic E-state index is 14.2. The number of hydrogen-bond acceptors (Lipinski definition) is 4. The van der Waals surface area contributed by atoms with Gasteiger partial charge in [0.15, 0.2) is 0 Å². The van der Waals surface area contributed by atoms with E-state index in [-0.39, 0.29) is 23.5 Å². The lowest BCUT2D eigenvalue weighted by Gasteiger charge is -2.33. The molecule has 1 atom stereocenters. The van der Waals surface area contributed by atoms with Gasteiger partial charge in [-0.25, -0.2) is 12.8 Å². The van der Waals surface area contributed by atoms with Crippen LogP contribution in [0.3, 0.4) is 0 Å². The van der Waals surface area contributed by atoms with E-state index in [0.29, 0.717) is 17.1 Å². The van der Waals surface area contributed by atoms with Crippen molar-refractivity contribution in [3.8, 4) is 0 Å². The molecule has 10 heteroatoms. The SMILES string of the molecule is CCNC(=O)[C@H](Cc1ccccc1)N(Cc1ccc(F)cc1)C(=O)CN(c1cccc(Cl)c1)S(=O)(=O)c1ccccc1. The standard InChI is InChI=1S/C32H31ClFN3O4S/c1-2-35-32(39)30(20-24-10-5-3-6-11-24)36(22-25-16-18-27(34)19-17-25)31(38)23-37(28-13-9-12-26(33)21-28)42(40,41)29-14-7-4-8-15-29/h3-19,21,30H,2,20,22-23H2,1H3,(H,35,39)/t30-/m0/s1. The summed E-state index contributed by atoms with van der Waals surface area (Å²) in [7, 11) is -4.22. The molecule has 218 valence electrons. The van der Waals surface area contributed by atoms with Gasteiger partial charge in [0.2, 0.25) is 11.8 Å². The summed E-state index contributed by atoms with van der Waals surface area (Å²) in [4.78, 5) is 29.0. The van der Waals surface area contributed by atoms with Crippen molar-refractivity contribution in [2.45, 2.75) is 30.8 Å². The van der Waals surface area contributed by atoms with Crippen molar-refractivity contribution in [1.82, 2.24) is 10.2 Å². The average molecular weight is 608 g/mol. The van der Waals surface area contributed by atoms with E-state index < -0.39 is 40.2 Å². The minimum Gasteiger partial charge on any atom is -0.355 e. The first-order valence-electron chi connectivity index (χ1n) is 13.4. The highest BCUT2D eigenvalue weighted by Gasteiger charge is 2.34. The number of carbonyl (C=O) groups excluding carboxylic acids is 2. The summed E-state index contributed by atoms with van der Waals surface area (Å²) in [6.07, 6.45) is 0.183. The van der Waals surface area contributed by atoms with Crippen molar-refractivity contribution in [3.05, 3.63) is 131 Å². The molecule has 0 saturated carbocycles. The van der Waals surface area contributed by atoms with Crippen molar-refractivity contribution in [2.75, 3.05) is 17.4 Å². The molecule has 4 aromatic carbocycles. The fourth-order valence-electron chi connectivity index (χ4n) is 4.51. The van der Waals surface area contributed by atoms with Crippen molar-refractivity contribution in [3.63, 3.8) is 0 Å². The number of carbonyl (C=O) groups is 2. The van der Waals surface area contributed by atoms with Crippen LogP contribution in [-0.2, 0) is 32.6 Å². The summed E-state index contributed by atoms with van der Waals surface area (Å²) in [5.74, 6) is -1.45. The van der Waals surface area contributed by atoms with E-state index in [1.165, 1.54) is 47.4 Å². The minimum absolute atomic E-state index is 0.00702. The zero-order chi connectivity index (χ0) is 30.1. The molecule has 0 aliphatic rings. The average Bonchev–Trinajstić information content (AvgIpc) is 2.99. The van der Waals surface area contributed by atoms with Gasteiger partial charge in [0.25, 0.3) is 10.0 Å². The molecule has 0 bridgehead atoms. The number of amides is 2. The number of sulfonamides is 1. The second kappa shape index (κ2) is 14.1. The summed E-state index contributed by atoms with van der Waals surface area (Å²) >= 11 is 6.22. The van der Waals surface area contributed by atoms with Gasteiger partial charge in [0.1, 0.15) is 18.4 Å². The van der Waals surface area contributed by atoms with Gasteiger partial charge in [-0.15, -0.1) is 0 Å². The van der Waals surface area contributed by atoms with Crippen LogP contribution in [0.2, 0.25) is 5.02 Å². The zero-order valence-electron chi connectivity index (χ0n) is 23.0. The number of anilines is 1. The highest BCUT2D eigenvalue weighted by Crippen LogP contribution is 2.27. The molecule has 0 radical (unpaired) electrons. The topological polar surface area (TPSA) is 86.8 Å². The number of rotatable bonds is 12. The van der Waals surface area contributed by atoms with Gasteiger partial charge >= 0.3 is 0 Å². The predicted molar refractivity (Wildman–Crippen MR) is 162 cm³/mol. The maximum Gasteiger partial charge on any atom is 0.264 e. The summed E-state index contributed by atoms with van der Waals surface area (Å²) < 4.78 is 42.5. The smallest absolute Gasteiger partial charge is 0.264 e. The molecule has 2 amide bonds. The highest BCUT2D eigenvalue weighted by atomic mass is 35.5. The van der Waals surface area contributed by atoms with Crippen LogP contribution in [-0.4, -0.2) is 44.3 Å². The number of hydrogen-bond donors (Lipinski definition) is 1. The molecule has 0 aliphatic heterocycles. The Morgan fingerprint density at radius 1 is 0.857 bits per heavy atom. The fraction of sp³-hybridized carbons (Fsp3) is 0.188. The van der Waals surface area contributed by atoms with Gasteiger partial charge in [0.05, 0.1) is 10.6 Å². The van der Waals surface area contributed by atoms with E-state index in [1.54, 1.807) is 43.3 Å². The molecule has 0 fully saturated rings. The van der Waals surface area contributed by atoms with Gasteiger partial charge in [0, 0.05) is 24.5 Å². The van der Waals surface area contributed by atoms with E-state index in [2.05, 4.69) is 5.32 Å². The molecule has 7 nitrogen and oxygen atoms in total. The first-order valence-corrected chi connectivity index (χ1v) is 15.2. The zero-order valence-corrected chi connectivity index (χ0v) is 24.6. The Morgan fingerprint density at radius 3 is 2.12 bits per heavy atom. The molecule has 42 heavy (non-hydrogen) atoms. The van der Waals surface area contributed by atoms with Crippen molar-refractivity contribution in [2.24, 2.45) is 0 Å². The lowest BCUT2D eigenvalue weighted by Crippen LogP contribution is -2.53. The van der Waals surface area contributed by atoms with Crippen LogP contribution in [0, 0.1) is 5.82 Å². The summed E-state index contributed by atoms with van der Waals surface area (Å²) in [5.41, 5.74) is 1.58. The maximum absolute atomic E-state index is 14.2. The van der Waals surface area contributed by atoms with E-state index in [0.717, 1.165) is 9.87 Å². The molecular weight excluding hydrogens is 577 g/mol. The molecule has 0 saturated heterocycles. The lowest BCUT2D eigenvalue weighted by molar-refractivity contribution is -0.140. The number of nitrogens with one attached hydrogen (secondary N) is 1. The van der Waals surface area contributed by atoms with E-state index in [9.17, 15) is 22.4 Å². The summed E-state index contributed by atoms with van der Waals surface area (Å²) in [6.45, 7) is 1.45. The fourth-order valence-corrected chi connectivity index (χ4v) is 6.12. The summed E-state index contributed by atoms with van der Waals surface area (Å²) in [6, 6.07) is 27.8. The number of likely N-dealkylation sites (N-methyl/N-ethyl adjacent to an activating group) is 1. The molecular formula is C32H31ClFN3O4S. The van der Waals surface area contributed by atoms with Crippen LogP contribution in [0.1, 0.15) is 18.1 Å². The largest absolute Gasteiger partial charge is 0.355 e. The Hall–Kier alpha value is -4.21. The Kier molecular flexibility index (Phi) is 10.3. The van der Waals surface area contributed by atoms with E-state index >= 15 is 0 Å². The minimum atomic E-state index is -4.22. The van der Waals surface area contributed by atoms with Crippen LogP contribution in [0.4, 0.5) is 10.1 Å². The molecule has 0 aromatic heterocycles. The Labute approximate surface area is 250 Å². The Bertz CT molecular complexity index is 1600. The molecule has 0 unspecified atom stereocenters. The number of halogens is 2. The molecule has 4 aromatic rings. The van der Waals surface area contributed by atoms with E-state index in [4.69, 9.17) is 11.6 Å². The molecule has 1 N–H and O–H groups in total. The number of nitrogens with zero attached hydrogens (tertiary/aromatic N) is 2. The van der Waals surface area contributed by atoms with Crippen LogP contribution in [0.5, 0.6) is 0 Å². The molecule has 0 aliphatic carbocycles. The third-order valence-electron chi connectivity index (χ3n) is 6.59. The van der Waals surface area contributed by atoms with Gasteiger partial charge in [-0.1, -0.05) is 78.3 Å². The van der Waals surface area contributed by atoms with E-state index in [1.807, 2.05) is 30.3 Å².